The van der Waals surface area contributed by atoms with E-state index in [1.165, 1.54) is 7.11 Å². The van der Waals surface area contributed by atoms with Gasteiger partial charge in [0.1, 0.15) is 0 Å². The molecule has 1 N–H and O–H groups in total. The largest absolute Gasteiger partial charge is 0.469 e. The van der Waals surface area contributed by atoms with Gasteiger partial charge >= 0.3 is 5.97 Å². The van der Waals surface area contributed by atoms with Crippen molar-refractivity contribution >= 4 is 16.0 Å². The number of epoxide rings is 1. The van der Waals surface area contributed by atoms with E-state index in [1.807, 2.05) is 6.08 Å². The molecule has 3 rings (SSSR count). The fourth-order valence-corrected chi connectivity index (χ4v) is 4.84. The van der Waals surface area contributed by atoms with Crippen molar-refractivity contribution in [3.8, 4) is 0 Å². The third kappa shape index (κ3) is 4.72. The first-order valence-corrected chi connectivity index (χ1v) is 10.4. The van der Waals surface area contributed by atoms with Gasteiger partial charge in [0.15, 0.2) is 0 Å². The van der Waals surface area contributed by atoms with E-state index in [2.05, 4.69) is 15.5 Å². The van der Waals surface area contributed by atoms with E-state index in [9.17, 15) is 13.2 Å². The SMILES string of the molecule is COC(=O)CCC/C=C\C[C@H]1[C@H]2O[C@H]2C[C@@H]1NS(=O)(=O)c1ccccc1. The van der Waals surface area contributed by atoms with Gasteiger partial charge in [-0.2, -0.15) is 0 Å². The van der Waals surface area contributed by atoms with Crippen LogP contribution in [0.25, 0.3) is 0 Å². The summed E-state index contributed by atoms with van der Waals surface area (Å²) in [5.41, 5.74) is 0. The molecule has 1 aromatic carbocycles. The molecule has 6 nitrogen and oxygen atoms in total. The molecule has 0 spiro atoms. The minimum absolute atomic E-state index is 0.108. The number of benzene rings is 1. The summed E-state index contributed by atoms with van der Waals surface area (Å²) in [5, 5.41) is 0. The maximum Gasteiger partial charge on any atom is 0.305 e. The topological polar surface area (TPSA) is 85.0 Å². The molecule has 1 aliphatic heterocycles. The molecule has 0 unspecified atom stereocenters. The van der Waals surface area contributed by atoms with Crippen LogP contribution in [0.5, 0.6) is 0 Å². The van der Waals surface area contributed by atoms with Crippen LogP contribution in [0.4, 0.5) is 0 Å². The Bertz CT molecular complexity index is 746. The summed E-state index contributed by atoms with van der Waals surface area (Å²) in [6.45, 7) is 0. The van der Waals surface area contributed by atoms with Gasteiger partial charge in [-0.05, 0) is 37.8 Å². The lowest BCUT2D eigenvalue weighted by atomic mass is 9.98. The number of methoxy groups -OCH3 is 1. The van der Waals surface area contributed by atoms with Crippen LogP contribution in [0.1, 0.15) is 32.1 Å². The van der Waals surface area contributed by atoms with Gasteiger partial charge in [-0.1, -0.05) is 30.4 Å². The van der Waals surface area contributed by atoms with Gasteiger partial charge in [0, 0.05) is 18.4 Å². The first-order chi connectivity index (χ1) is 12.5. The summed E-state index contributed by atoms with van der Waals surface area (Å²) in [6, 6.07) is 8.33. The van der Waals surface area contributed by atoms with Crippen LogP contribution < -0.4 is 4.72 Å². The molecule has 1 aromatic rings. The monoisotopic (exact) mass is 379 g/mol. The van der Waals surface area contributed by atoms with E-state index < -0.39 is 10.0 Å². The molecule has 0 radical (unpaired) electrons. The molecular formula is C19H25NO5S. The van der Waals surface area contributed by atoms with Gasteiger partial charge < -0.3 is 9.47 Å². The van der Waals surface area contributed by atoms with Gasteiger partial charge in [-0.15, -0.1) is 0 Å². The van der Waals surface area contributed by atoms with Crippen molar-refractivity contribution in [1.82, 2.24) is 4.72 Å². The molecule has 0 amide bonds. The van der Waals surface area contributed by atoms with Crippen LogP contribution in [0.15, 0.2) is 47.4 Å². The van der Waals surface area contributed by atoms with E-state index in [1.54, 1.807) is 30.3 Å². The van der Waals surface area contributed by atoms with E-state index >= 15 is 0 Å². The number of sulfonamides is 1. The van der Waals surface area contributed by atoms with E-state index in [-0.39, 0.29) is 30.1 Å². The minimum Gasteiger partial charge on any atom is -0.469 e. The average molecular weight is 379 g/mol. The molecule has 7 heteroatoms. The highest BCUT2D eigenvalue weighted by Gasteiger charge is 2.55. The predicted molar refractivity (Wildman–Crippen MR) is 96.9 cm³/mol. The molecule has 0 bridgehead atoms. The highest BCUT2D eigenvalue weighted by molar-refractivity contribution is 7.89. The maximum atomic E-state index is 12.5. The van der Waals surface area contributed by atoms with Gasteiger partial charge in [0.25, 0.3) is 0 Å². The van der Waals surface area contributed by atoms with Crippen molar-refractivity contribution in [3.05, 3.63) is 42.5 Å². The van der Waals surface area contributed by atoms with Crippen molar-refractivity contribution in [2.45, 2.75) is 55.2 Å². The summed E-state index contributed by atoms with van der Waals surface area (Å²) in [5.74, 6) is -0.0471. The summed E-state index contributed by atoms with van der Waals surface area (Å²) in [6.07, 6.45) is 7.89. The molecule has 1 aliphatic carbocycles. The van der Waals surface area contributed by atoms with E-state index in [0.29, 0.717) is 11.3 Å². The number of unbranched alkanes of at least 4 members (excludes halogenated alkanes) is 1. The number of fused-ring (bicyclic) bond motifs is 1. The second-order valence-electron chi connectivity index (χ2n) is 6.76. The van der Waals surface area contributed by atoms with Crippen molar-refractivity contribution < 1.29 is 22.7 Å². The quantitative estimate of drug-likeness (QED) is 0.308. The molecule has 1 saturated carbocycles. The minimum atomic E-state index is -3.51. The maximum absolute atomic E-state index is 12.5. The second-order valence-corrected chi connectivity index (χ2v) is 8.47. The first kappa shape index (κ1) is 19.1. The zero-order valence-electron chi connectivity index (χ0n) is 14.8. The number of carbonyl (C=O) groups is 1. The smallest absolute Gasteiger partial charge is 0.305 e. The Labute approximate surface area is 154 Å². The highest BCUT2D eigenvalue weighted by Crippen LogP contribution is 2.45. The fourth-order valence-electron chi connectivity index (χ4n) is 3.52. The molecule has 26 heavy (non-hydrogen) atoms. The lowest BCUT2D eigenvalue weighted by molar-refractivity contribution is -0.140. The van der Waals surface area contributed by atoms with Crippen molar-refractivity contribution in [3.63, 3.8) is 0 Å². The normalized spacial score (nSPS) is 27.4. The molecule has 2 aliphatic rings. The Hall–Kier alpha value is -1.70. The Balaban J connectivity index is 1.51. The van der Waals surface area contributed by atoms with Crippen molar-refractivity contribution in [2.24, 2.45) is 5.92 Å². The Kier molecular flexibility index (Phi) is 6.11. The van der Waals surface area contributed by atoms with Crippen LogP contribution in [0.3, 0.4) is 0 Å². The highest BCUT2D eigenvalue weighted by atomic mass is 32.2. The van der Waals surface area contributed by atoms with Crippen LogP contribution in [0.2, 0.25) is 0 Å². The fraction of sp³-hybridized carbons (Fsp3) is 0.526. The molecule has 1 heterocycles. The number of rotatable bonds is 9. The second kappa shape index (κ2) is 8.33. The Morgan fingerprint density at radius 1 is 1.31 bits per heavy atom. The van der Waals surface area contributed by atoms with Crippen LogP contribution >= 0.6 is 0 Å². The van der Waals surface area contributed by atoms with E-state index in [4.69, 9.17) is 4.74 Å². The molecular weight excluding hydrogens is 354 g/mol. The number of hydrogen-bond acceptors (Lipinski definition) is 5. The number of carbonyl (C=O) groups excluding carboxylic acids is 1. The Morgan fingerprint density at radius 2 is 2.08 bits per heavy atom. The van der Waals surface area contributed by atoms with Crippen LogP contribution in [-0.2, 0) is 24.3 Å². The number of hydrogen-bond donors (Lipinski definition) is 1. The molecule has 0 aromatic heterocycles. The first-order valence-electron chi connectivity index (χ1n) is 8.96. The van der Waals surface area contributed by atoms with Crippen LogP contribution in [0, 0.1) is 5.92 Å². The van der Waals surface area contributed by atoms with Gasteiger partial charge in [0.05, 0.1) is 24.2 Å². The summed E-state index contributed by atoms with van der Waals surface area (Å²) in [4.78, 5) is 11.4. The van der Waals surface area contributed by atoms with E-state index in [0.717, 1.165) is 25.7 Å². The zero-order valence-corrected chi connectivity index (χ0v) is 15.7. The Morgan fingerprint density at radius 3 is 2.81 bits per heavy atom. The van der Waals surface area contributed by atoms with Gasteiger partial charge in [0.2, 0.25) is 10.0 Å². The number of ether oxygens (including phenoxy) is 2. The van der Waals surface area contributed by atoms with Crippen LogP contribution in [-0.4, -0.2) is 39.7 Å². The third-order valence-corrected chi connectivity index (χ3v) is 6.47. The standard InChI is InChI=1S/C19H25NO5S/c1-24-18(21)12-8-3-2-7-11-15-16(13-17-19(15)25-17)20-26(22,23)14-9-5-4-6-10-14/h2,4-7,9-10,15-17,19-20H,3,8,11-13H2,1H3/b7-2-/t15-,16+,17+,19-/m1/s1. The molecule has 4 atom stereocenters. The lowest BCUT2D eigenvalue weighted by Crippen LogP contribution is -2.39. The summed E-state index contributed by atoms with van der Waals surface area (Å²) >= 11 is 0. The third-order valence-electron chi connectivity index (χ3n) is 4.96. The predicted octanol–water partition coefficient (Wildman–Crippen LogP) is 2.41. The summed E-state index contributed by atoms with van der Waals surface area (Å²) < 4.78 is 38.2. The molecule has 1 saturated heterocycles. The van der Waals surface area contributed by atoms with Gasteiger partial charge in [-0.3, -0.25) is 4.79 Å². The molecule has 2 fully saturated rings. The number of allylic oxidation sites excluding steroid dienone is 2. The number of nitrogens with one attached hydrogen (secondary N) is 1. The zero-order chi connectivity index (χ0) is 18.6. The number of esters is 1. The summed E-state index contributed by atoms with van der Waals surface area (Å²) in [7, 11) is -2.12. The van der Waals surface area contributed by atoms with Crippen molar-refractivity contribution in [2.75, 3.05) is 7.11 Å². The van der Waals surface area contributed by atoms with Gasteiger partial charge in [-0.25, -0.2) is 13.1 Å². The average Bonchev–Trinajstić information content (AvgIpc) is 3.32. The lowest BCUT2D eigenvalue weighted by Gasteiger charge is -2.22. The van der Waals surface area contributed by atoms with Crippen molar-refractivity contribution in [1.29, 1.82) is 0 Å². The molecule has 142 valence electrons.